The van der Waals surface area contributed by atoms with Gasteiger partial charge >= 0.3 is 0 Å². The minimum atomic E-state index is 0.00911. The summed E-state index contributed by atoms with van der Waals surface area (Å²) in [6.45, 7) is 6.74. The fourth-order valence-electron chi connectivity index (χ4n) is 1.76. The molecule has 1 aromatic heterocycles. The highest BCUT2D eigenvalue weighted by molar-refractivity contribution is 7.19. The first-order valence-electron chi connectivity index (χ1n) is 4.73. The van der Waals surface area contributed by atoms with Crippen LogP contribution in [0.15, 0.2) is 6.20 Å². The Balaban J connectivity index is 1.94. The van der Waals surface area contributed by atoms with Gasteiger partial charge in [-0.05, 0) is 13.8 Å². The van der Waals surface area contributed by atoms with Crippen LogP contribution in [0, 0.1) is 0 Å². The van der Waals surface area contributed by atoms with Crippen LogP contribution in [0.3, 0.4) is 0 Å². The second kappa shape index (κ2) is 3.40. The molecule has 0 spiro atoms. The highest BCUT2D eigenvalue weighted by Crippen LogP contribution is 2.33. The molecule has 78 valence electrons. The van der Waals surface area contributed by atoms with Crippen molar-refractivity contribution in [1.29, 1.82) is 0 Å². The van der Waals surface area contributed by atoms with E-state index in [1.165, 1.54) is 11.3 Å². The largest absolute Gasteiger partial charge is 0.389 e. The van der Waals surface area contributed by atoms with Crippen molar-refractivity contribution in [3.63, 3.8) is 0 Å². The summed E-state index contributed by atoms with van der Waals surface area (Å²) >= 11 is 1.53. The summed E-state index contributed by atoms with van der Waals surface area (Å²) in [7, 11) is 0. The molecule has 1 saturated heterocycles. The van der Waals surface area contributed by atoms with Crippen LogP contribution in [0.1, 0.15) is 13.8 Å². The molecule has 2 rings (SSSR count). The number of hydrogen-bond acceptors (Lipinski definition) is 5. The number of aromatic nitrogens is 1. The fourth-order valence-corrected chi connectivity index (χ4v) is 2.44. The summed E-state index contributed by atoms with van der Waals surface area (Å²) in [6.07, 6.45) is 1.70. The van der Waals surface area contributed by atoms with Gasteiger partial charge in [-0.2, -0.15) is 0 Å². The number of nitrogens with two attached hydrogens (primary N) is 1. The van der Waals surface area contributed by atoms with Crippen LogP contribution < -0.4 is 10.6 Å². The van der Waals surface area contributed by atoms with E-state index in [-0.39, 0.29) is 5.60 Å². The number of rotatable bonds is 3. The van der Waals surface area contributed by atoms with Crippen molar-refractivity contribution in [2.75, 3.05) is 30.3 Å². The second-order valence-electron chi connectivity index (χ2n) is 3.78. The summed E-state index contributed by atoms with van der Waals surface area (Å²) in [5.41, 5.74) is 5.63. The molecule has 1 aliphatic heterocycles. The lowest BCUT2D eigenvalue weighted by molar-refractivity contribution is -0.0445. The minimum Gasteiger partial charge on any atom is -0.389 e. The molecule has 2 heterocycles. The maximum Gasteiger partial charge on any atom is 0.187 e. The Labute approximate surface area is 87.7 Å². The standard InChI is InChI=1S/C9H15N3OS/c1-3-13-9(2)5-12(6-9)8-11-4-7(10)14-8/h4H,3,5-6,10H2,1-2H3. The predicted octanol–water partition coefficient (Wildman–Crippen LogP) is 1.34. The van der Waals surface area contributed by atoms with Crippen molar-refractivity contribution < 1.29 is 4.74 Å². The monoisotopic (exact) mass is 213 g/mol. The van der Waals surface area contributed by atoms with Crippen molar-refractivity contribution >= 4 is 21.5 Å². The van der Waals surface area contributed by atoms with Gasteiger partial charge < -0.3 is 15.4 Å². The smallest absolute Gasteiger partial charge is 0.187 e. The van der Waals surface area contributed by atoms with Crippen LogP contribution in [-0.4, -0.2) is 30.3 Å². The Morgan fingerprint density at radius 1 is 1.71 bits per heavy atom. The Hall–Kier alpha value is -0.810. The molecule has 0 radical (unpaired) electrons. The van der Waals surface area contributed by atoms with Gasteiger partial charge in [-0.3, -0.25) is 0 Å². The molecular formula is C9H15N3OS. The molecule has 0 unspecified atom stereocenters. The Bertz CT molecular complexity index is 320. The molecule has 0 aromatic carbocycles. The summed E-state index contributed by atoms with van der Waals surface area (Å²) in [4.78, 5) is 6.42. The third kappa shape index (κ3) is 1.69. The fraction of sp³-hybridized carbons (Fsp3) is 0.667. The van der Waals surface area contributed by atoms with E-state index in [0.717, 1.165) is 29.8 Å². The van der Waals surface area contributed by atoms with E-state index in [9.17, 15) is 0 Å². The van der Waals surface area contributed by atoms with Gasteiger partial charge in [0.15, 0.2) is 5.13 Å². The van der Waals surface area contributed by atoms with Gasteiger partial charge in [-0.15, -0.1) is 0 Å². The molecule has 0 atom stereocenters. The molecule has 1 aliphatic rings. The molecule has 0 bridgehead atoms. The summed E-state index contributed by atoms with van der Waals surface area (Å²) in [5.74, 6) is 0. The Morgan fingerprint density at radius 3 is 2.93 bits per heavy atom. The molecule has 5 heteroatoms. The highest BCUT2D eigenvalue weighted by atomic mass is 32.1. The predicted molar refractivity (Wildman–Crippen MR) is 58.8 cm³/mol. The van der Waals surface area contributed by atoms with E-state index in [4.69, 9.17) is 10.5 Å². The molecule has 4 nitrogen and oxygen atoms in total. The third-order valence-corrected chi connectivity index (χ3v) is 3.21. The van der Waals surface area contributed by atoms with E-state index < -0.39 is 0 Å². The van der Waals surface area contributed by atoms with Gasteiger partial charge in [0.05, 0.1) is 19.3 Å². The average molecular weight is 213 g/mol. The highest BCUT2D eigenvalue weighted by Gasteiger charge is 2.40. The summed E-state index contributed by atoms with van der Waals surface area (Å²) in [6, 6.07) is 0. The molecule has 14 heavy (non-hydrogen) atoms. The molecule has 1 fully saturated rings. The molecular weight excluding hydrogens is 198 g/mol. The van der Waals surface area contributed by atoms with Crippen molar-refractivity contribution in [1.82, 2.24) is 4.98 Å². The molecule has 2 N–H and O–H groups in total. The van der Waals surface area contributed by atoms with E-state index >= 15 is 0 Å². The van der Waals surface area contributed by atoms with Gasteiger partial charge in [-0.1, -0.05) is 11.3 Å². The number of nitrogen functional groups attached to an aromatic ring is 1. The SMILES string of the molecule is CCOC1(C)CN(c2ncc(N)s2)C1. The number of thiazole rings is 1. The van der Waals surface area contributed by atoms with Gasteiger partial charge in [0, 0.05) is 6.61 Å². The first-order chi connectivity index (χ1) is 6.63. The van der Waals surface area contributed by atoms with Crippen molar-refractivity contribution in [2.45, 2.75) is 19.4 Å². The normalized spacial score (nSPS) is 19.4. The second-order valence-corrected chi connectivity index (χ2v) is 4.82. The van der Waals surface area contributed by atoms with Gasteiger partial charge in [0.2, 0.25) is 0 Å². The zero-order valence-electron chi connectivity index (χ0n) is 8.49. The lowest BCUT2D eigenvalue weighted by Crippen LogP contribution is -2.61. The lowest BCUT2D eigenvalue weighted by atomic mass is 9.97. The summed E-state index contributed by atoms with van der Waals surface area (Å²) in [5, 5.41) is 1.77. The number of anilines is 2. The van der Waals surface area contributed by atoms with Crippen LogP contribution >= 0.6 is 11.3 Å². The average Bonchev–Trinajstić information content (AvgIpc) is 2.47. The van der Waals surface area contributed by atoms with E-state index in [0.29, 0.717) is 0 Å². The third-order valence-electron chi connectivity index (χ3n) is 2.33. The Kier molecular flexibility index (Phi) is 2.36. The van der Waals surface area contributed by atoms with Crippen LogP contribution in [0.2, 0.25) is 0 Å². The maximum atomic E-state index is 5.63. The molecule has 0 amide bonds. The Morgan fingerprint density at radius 2 is 2.43 bits per heavy atom. The quantitative estimate of drug-likeness (QED) is 0.823. The van der Waals surface area contributed by atoms with Crippen LogP contribution in [-0.2, 0) is 4.74 Å². The molecule has 0 aliphatic carbocycles. The number of nitrogens with zero attached hydrogens (tertiary/aromatic N) is 2. The van der Waals surface area contributed by atoms with Crippen LogP contribution in [0.5, 0.6) is 0 Å². The topological polar surface area (TPSA) is 51.4 Å². The van der Waals surface area contributed by atoms with Crippen molar-refractivity contribution in [3.8, 4) is 0 Å². The molecule has 0 saturated carbocycles. The number of ether oxygens (including phenoxy) is 1. The van der Waals surface area contributed by atoms with Crippen molar-refractivity contribution in [3.05, 3.63) is 6.20 Å². The molecule has 1 aromatic rings. The van der Waals surface area contributed by atoms with Crippen LogP contribution in [0.4, 0.5) is 10.1 Å². The first kappa shape index (κ1) is 9.73. The zero-order valence-corrected chi connectivity index (χ0v) is 9.30. The summed E-state index contributed by atoms with van der Waals surface area (Å²) < 4.78 is 5.63. The van der Waals surface area contributed by atoms with Crippen molar-refractivity contribution in [2.24, 2.45) is 0 Å². The number of hydrogen-bond donors (Lipinski definition) is 1. The van der Waals surface area contributed by atoms with E-state index in [2.05, 4.69) is 16.8 Å². The zero-order chi connectivity index (χ0) is 10.2. The lowest BCUT2D eigenvalue weighted by Gasteiger charge is -2.47. The maximum absolute atomic E-state index is 5.63. The van der Waals surface area contributed by atoms with Crippen LogP contribution in [0.25, 0.3) is 0 Å². The minimum absolute atomic E-state index is 0.00911. The van der Waals surface area contributed by atoms with Gasteiger partial charge in [-0.25, -0.2) is 4.98 Å². The van der Waals surface area contributed by atoms with Gasteiger partial charge in [0.1, 0.15) is 10.6 Å². The van der Waals surface area contributed by atoms with E-state index in [1.807, 2.05) is 6.92 Å². The first-order valence-corrected chi connectivity index (χ1v) is 5.55. The van der Waals surface area contributed by atoms with E-state index in [1.54, 1.807) is 6.20 Å². The van der Waals surface area contributed by atoms with Gasteiger partial charge in [0.25, 0.3) is 0 Å².